The van der Waals surface area contributed by atoms with E-state index < -0.39 is 29.5 Å². The van der Waals surface area contributed by atoms with Gasteiger partial charge in [0.2, 0.25) is 29.6 Å². The first kappa shape index (κ1) is 50.9. The number of β-amino-alcohol motifs (C(OH)–C–C–N with tert-alkyl or cyclic N) is 1. The molecule has 2 aliphatic heterocycles. The van der Waals surface area contributed by atoms with Crippen LogP contribution in [0.4, 0.5) is 17.5 Å². The van der Waals surface area contributed by atoms with Crippen LogP contribution < -0.4 is 20.9 Å². The number of aliphatic hydroxyl groups is 1. The molecule has 4 N–H and O–H groups in total. The first-order chi connectivity index (χ1) is 34.0. The van der Waals surface area contributed by atoms with E-state index in [1.165, 1.54) is 4.90 Å². The van der Waals surface area contributed by atoms with Crippen molar-refractivity contribution >= 4 is 69.4 Å². The Bertz CT molecular complexity index is 2680. The minimum atomic E-state index is -0.906. The van der Waals surface area contributed by atoms with E-state index >= 15 is 0 Å². The SMILES string of the molecule is Cc1ncsc1-c1ccc(CNC(=O)[C@@H]2C[C@@H](O)CN2C(=O)C(NC(=O)CCCCCC(=O)N2CCN(c3ccc(Nc4ncc5cc(C(=O)N(C)C)n(C6CCCC6)c5n4)nc3)CC2)C(C)(C)C)cc1. The van der Waals surface area contributed by atoms with Gasteiger partial charge in [0.05, 0.1) is 34.1 Å². The molecule has 0 radical (unpaired) electrons. The summed E-state index contributed by atoms with van der Waals surface area (Å²) in [6.07, 6.45) is 9.55. The molecule has 71 heavy (non-hydrogen) atoms. The number of likely N-dealkylation sites (tertiary alicyclic amines) is 1. The summed E-state index contributed by atoms with van der Waals surface area (Å²) < 4.78 is 2.09. The first-order valence-corrected chi connectivity index (χ1v) is 25.8. The van der Waals surface area contributed by atoms with Crippen molar-refractivity contribution in [3.8, 4) is 10.4 Å². The number of carbonyl (C=O) groups is 5. The van der Waals surface area contributed by atoms with Gasteiger partial charge < -0.3 is 45.2 Å². The Hall–Kier alpha value is -6.47. The Morgan fingerprint density at radius 3 is 2.30 bits per heavy atom. The van der Waals surface area contributed by atoms with Crippen molar-refractivity contribution in [2.45, 2.75) is 123 Å². The largest absolute Gasteiger partial charge is 0.391 e. The van der Waals surface area contributed by atoms with Gasteiger partial charge in [-0.15, -0.1) is 11.3 Å². The predicted octanol–water partition coefficient (Wildman–Crippen LogP) is 6.23. The van der Waals surface area contributed by atoms with Crippen LogP contribution in [-0.4, -0.2) is 139 Å². The van der Waals surface area contributed by atoms with E-state index in [0.29, 0.717) is 69.3 Å². The summed E-state index contributed by atoms with van der Waals surface area (Å²) in [6, 6.07) is 12.1. The number of piperazine rings is 1. The number of anilines is 3. The molecule has 378 valence electrons. The molecular formula is C52H68N12O6S. The van der Waals surface area contributed by atoms with Crippen LogP contribution in [0.2, 0.25) is 0 Å². The number of aliphatic hydroxyl groups excluding tert-OH is 1. The third-order valence-electron chi connectivity index (χ3n) is 13.9. The molecule has 2 saturated heterocycles. The summed E-state index contributed by atoms with van der Waals surface area (Å²) in [5.74, 6) is 0.0124. The van der Waals surface area contributed by atoms with Crippen molar-refractivity contribution in [2.75, 3.05) is 57.0 Å². The lowest BCUT2D eigenvalue weighted by Crippen LogP contribution is -2.57. The van der Waals surface area contributed by atoms with Crippen LogP contribution in [0, 0.1) is 12.3 Å². The van der Waals surface area contributed by atoms with Crippen LogP contribution in [0.15, 0.2) is 60.4 Å². The lowest BCUT2D eigenvalue weighted by molar-refractivity contribution is -0.144. The number of hydrogen-bond donors (Lipinski definition) is 4. The first-order valence-electron chi connectivity index (χ1n) is 24.9. The summed E-state index contributed by atoms with van der Waals surface area (Å²) in [6.45, 7) is 10.4. The van der Waals surface area contributed by atoms with Gasteiger partial charge in [-0.2, -0.15) is 4.98 Å². The van der Waals surface area contributed by atoms with Crippen molar-refractivity contribution < 1.29 is 29.1 Å². The zero-order valence-corrected chi connectivity index (χ0v) is 42.6. The highest BCUT2D eigenvalue weighted by Crippen LogP contribution is 2.35. The molecule has 3 fully saturated rings. The lowest BCUT2D eigenvalue weighted by atomic mass is 9.85. The van der Waals surface area contributed by atoms with Gasteiger partial charge in [-0.3, -0.25) is 24.0 Å². The predicted molar refractivity (Wildman–Crippen MR) is 274 cm³/mol. The zero-order valence-electron chi connectivity index (χ0n) is 41.8. The highest BCUT2D eigenvalue weighted by Gasteiger charge is 2.44. The Kier molecular flexibility index (Phi) is 16.0. The number of benzene rings is 1. The molecule has 0 bridgehead atoms. The van der Waals surface area contributed by atoms with Crippen LogP contribution >= 0.6 is 11.3 Å². The number of fused-ring (bicyclic) bond motifs is 1. The molecule has 3 aliphatic rings. The third kappa shape index (κ3) is 12.2. The number of pyridine rings is 1. The molecule has 19 heteroatoms. The van der Waals surface area contributed by atoms with E-state index in [1.54, 1.807) is 36.5 Å². The average molecular weight is 989 g/mol. The maximum atomic E-state index is 14.1. The maximum absolute atomic E-state index is 14.1. The van der Waals surface area contributed by atoms with Crippen molar-refractivity contribution in [1.29, 1.82) is 0 Å². The van der Waals surface area contributed by atoms with Gasteiger partial charge in [0.15, 0.2) is 0 Å². The van der Waals surface area contributed by atoms with Crippen molar-refractivity contribution in [1.82, 2.24) is 49.8 Å². The van der Waals surface area contributed by atoms with Gasteiger partial charge in [0, 0.05) is 90.3 Å². The zero-order chi connectivity index (χ0) is 50.4. The topological polar surface area (TPSA) is 211 Å². The molecule has 1 unspecified atom stereocenters. The van der Waals surface area contributed by atoms with Gasteiger partial charge in [0.1, 0.15) is 29.2 Å². The second-order valence-electron chi connectivity index (χ2n) is 20.4. The quantitative estimate of drug-likeness (QED) is 0.0765. The standard InChI is InChI=1S/C52H68N12O6S/c1-33-45(71-32-56-33)35-18-16-34(17-19-35)28-54-48(68)40-27-39(65)31-63(40)50(70)46(52(2,3)4)58-43(66)14-8-7-9-15-44(67)62-24-22-61(23-25-62)38-20-21-42(53-30-38)57-51-55-29-36-26-41(49(69)60(5)6)64(47(36)59-51)37-12-10-11-13-37/h16-21,26,29-30,32,37,39-40,46,65H,7-15,22-25,27-28,31H2,1-6H3,(H,54,68)(H,58,66)(H,53,55,57,59)/t39-,40+,46?/m1/s1. The van der Waals surface area contributed by atoms with Crippen LogP contribution in [-0.2, 0) is 25.7 Å². The van der Waals surface area contributed by atoms with Crippen molar-refractivity contribution in [2.24, 2.45) is 5.41 Å². The number of carbonyl (C=O) groups excluding carboxylic acids is 5. The number of hydrogen-bond acceptors (Lipinski definition) is 13. The number of nitrogens with zero attached hydrogens (tertiary/aromatic N) is 9. The van der Waals surface area contributed by atoms with Crippen LogP contribution in [0.5, 0.6) is 0 Å². The van der Waals surface area contributed by atoms with Gasteiger partial charge in [-0.1, -0.05) is 64.3 Å². The summed E-state index contributed by atoms with van der Waals surface area (Å²) in [4.78, 5) is 93.7. The molecule has 1 saturated carbocycles. The highest BCUT2D eigenvalue weighted by molar-refractivity contribution is 7.13. The molecule has 1 aromatic carbocycles. The summed E-state index contributed by atoms with van der Waals surface area (Å²) in [5, 5.41) is 20.6. The molecule has 8 rings (SSSR count). The second-order valence-corrected chi connectivity index (χ2v) is 21.3. The van der Waals surface area contributed by atoms with Gasteiger partial charge in [-0.25, -0.2) is 15.0 Å². The van der Waals surface area contributed by atoms with E-state index in [1.807, 2.05) is 86.8 Å². The number of unbranched alkanes of at least 4 members (excludes halogenated alkanes) is 2. The van der Waals surface area contributed by atoms with Crippen LogP contribution in [0.3, 0.4) is 0 Å². The Morgan fingerprint density at radius 2 is 1.63 bits per heavy atom. The third-order valence-corrected chi connectivity index (χ3v) is 14.9. The number of amides is 5. The molecular weight excluding hydrogens is 921 g/mol. The normalized spacial score (nSPS) is 17.9. The number of aryl methyl sites for hydroxylation is 1. The Balaban J connectivity index is 0.752. The summed E-state index contributed by atoms with van der Waals surface area (Å²) in [7, 11) is 3.52. The number of nitrogens with one attached hydrogen (secondary N) is 3. The Morgan fingerprint density at radius 1 is 0.901 bits per heavy atom. The second kappa shape index (κ2) is 22.3. The number of thiazole rings is 1. The van der Waals surface area contributed by atoms with Crippen molar-refractivity contribution in [3.63, 3.8) is 0 Å². The molecule has 0 spiro atoms. The fourth-order valence-electron chi connectivity index (χ4n) is 9.88. The molecule has 5 amide bonds. The number of aromatic nitrogens is 5. The van der Waals surface area contributed by atoms with E-state index in [0.717, 1.165) is 64.1 Å². The highest BCUT2D eigenvalue weighted by atomic mass is 32.1. The van der Waals surface area contributed by atoms with Gasteiger partial charge >= 0.3 is 0 Å². The molecule has 4 aromatic heterocycles. The molecule has 18 nitrogen and oxygen atoms in total. The van der Waals surface area contributed by atoms with Crippen molar-refractivity contribution in [3.05, 3.63) is 77.3 Å². The van der Waals surface area contributed by atoms with Crippen LogP contribution in [0.25, 0.3) is 21.5 Å². The summed E-state index contributed by atoms with van der Waals surface area (Å²) >= 11 is 1.58. The molecule has 1 aliphatic carbocycles. The number of rotatable bonds is 17. The monoisotopic (exact) mass is 989 g/mol. The average Bonchev–Trinajstić information content (AvgIpc) is 4.19. The van der Waals surface area contributed by atoms with E-state index in [9.17, 15) is 29.1 Å². The fraction of sp³-hybridized carbons (Fsp3) is 0.519. The Labute approximate surface area is 419 Å². The molecule has 6 heterocycles. The minimum absolute atomic E-state index is 0.00314. The summed E-state index contributed by atoms with van der Waals surface area (Å²) in [5.41, 5.74) is 6.40. The van der Waals surface area contributed by atoms with Gasteiger partial charge in [-0.05, 0) is 67.3 Å². The minimum Gasteiger partial charge on any atom is -0.391 e. The van der Waals surface area contributed by atoms with Crippen LogP contribution in [0.1, 0.15) is 113 Å². The fourth-order valence-corrected chi connectivity index (χ4v) is 10.7. The van der Waals surface area contributed by atoms with E-state index in [2.05, 4.69) is 40.4 Å². The molecule has 5 aromatic rings. The maximum Gasteiger partial charge on any atom is 0.270 e. The smallest absolute Gasteiger partial charge is 0.270 e. The van der Waals surface area contributed by atoms with Gasteiger partial charge in [0.25, 0.3) is 5.91 Å². The van der Waals surface area contributed by atoms with E-state index in [-0.39, 0.29) is 55.6 Å². The lowest BCUT2D eigenvalue weighted by Gasteiger charge is -2.36. The van der Waals surface area contributed by atoms with E-state index in [4.69, 9.17) is 4.98 Å². The molecule has 3 atom stereocenters.